The second-order valence-electron chi connectivity index (χ2n) is 6.27. The lowest BCUT2D eigenvalue weighted by molar-refractivity contribution is -0.0627. The number of hydrogen-bond donors (Lipinski definition) is 0. The normalized spacial score (nSPS) is 18.6. The van der Waals surface area contributed by atoms with E-state index in [4.69, 9.17) is 9.47 Å². The fourth-order valence-electron chi connectivity index (χ4n) is 2.49. The van der Waals surface area contributed by atoms with Crippen molar-refractivity contribution in [3.05, 3.63) is 20.8 Å². The summed E-state index contributed by atoms with van der Waals surface area (Å²) < 4.78 is 12.3. The molecular weight excluding hydrogens is 354 g/mol. The van der Waals surface area contributed by atoms with Gasteiger partial charge in [0.2, 0.25) is 0 Å². The first-order valence-electron chi connectivity index (χ1n) is 7.05. The fourth-order valence-corrected chi connectivity index (χ4v) is 4.10. The Balaban J connectivity index is 2.03. The fraction of sp³-hybridized carbons (Fsp3) is 0.667. The molecule has 0 atom stereocenters. The summed E-state index contributed by atoms with van der Waals surface area (Å²) in [7, 11) is 1.75. The first-order chi connectivity index (χ1) is 9.76. The molecule has 1 aromatic rings. The van der Waals surface area contributed by atoms with E-state index < -0.39 is 5.60 Å². The monoisotopic (exact) mass is 375 g/mol. The summed E-state index contributed by atoms with van der Waals surface area (Å²) in [4.78, 5) is 15.1. The molecule has 1 saturated heterocycles. The molecule has 0 saturated carbocycles. The van der Waals surface area contributed by atoms with Gasteiger partial charge in [-0.25, -0.2) is 4.79 Å². The van der Waals surface area contributed by atoms with Crippen molar-refractivity contribution in [3.8, 4) is 0 Å². The van der Waals surface area contributed by atoms with Crippen molar-refractivity contribution in [2.24, 2.45) is 0 Å². The molecule has 0 bridgehead atoms. The predicted molar refractivity (Wildman–Crippen MR) is 87.7 cm³/mol. The SMILES string of the molecule is COC1(c2ccc(Br)s2)CCN(C(=O)OC(C)(C)C)CC1. The van der Waals surface area contributed by atoms with E-state index in [-0.39, 0.29) is 11.7 Å². The van der Waals surface area contributed by atoms with Gasteiger partial charge in [0.25, 0.3) is 0 Å². The van der Waals surface area contributed by atoms with Gasteiger partial charge in [-0.1, -0.05) is 0 Å². The molecule has 0 N–H and O–H groups in total. The molecular formula is C15H22BrNO3S. The topological polar surface area (TPSA) is 38.8 Å². The number of nitrogens with zero attached hydrogens (tertiary/aromatic N) is 1. The molecule has 1 fully saturated rings. The number of ether oxygens (including phenoxy) is 2. The lowest BCUT2D eigenvalue weighted by Crippen LogP contribution is -2.47. The molecule has 2 rings (SSSR count). The summed E-state index contributed by atoms with van der Waals surface area (Å²) in [6.07, 6.45) is 1.34. The van der Waals surface area contributed by atoms with Gasteiger partial charge >= 0.3 is 6.09 Å². The molecule has 21 heavy (non-hydrogen) atoms. The molecule has 4 nitrogen and oxygen atoms in total. The molecule has 0 spiro atoms. The molecule has 0 aromatic carbocycles. The molecule has 1 aliphatic rings. The molecule has 0 aliphatic carbocycles. The van der Waals surface area contributed by atoms with Crippen molar-refractivity contribution in [2.75, 3.05) is 20.2 Å². The van der Waals surface area contributed by atoms with E-state index in [1.807, 2.05) is 26.8 Å². The Hall–Kier alpha value is -0.590. The highest BCUT2D eigenvalue weighted by Crippen LogP contribution is 2.41. The summed E-state index contributed by atoms with van der Waals surface area (Å²) in [5.74, 6) is 0. The predicted octanol–water partition coefficient (Wildman–Crippen LogP) is 4.38. The highest BCUT2D eigenvalue weighted by molar-refractivity contribution is 9.11. The van der Waals surface area contributed by atoms with Crippen LogP contribution in [0.15, 0.2) is 15.9 Å². The van der Waals surface area contributed by atoms with Crippen LogP contribution < -0.4 is 0 Å². The van der Waals surface area contributed by atoms with Gasteiger partial charge in [0.05, 0.1) is 3.79 Å². The number of methoxy groups -OCH3 is 1. The van der Waals surface area contributed by atoms with Crippen LogP contribution >= 0.6 is 27.3 Å². The van der Waals surface area contributed by atoms with Crippen LogP contribution in [0.25, 0.3) is 0 Å². The van der Waals surface area contributed by atoms with E-state index in [1.54, 1.807) is 23.3 Å². The molecule has 118 valence electrons. The van der Waals surface area contributed by atoms with Gasteiger partial charge in [-0.3, -0.25) is 0 Å². The van der Waals surface area contributed by atoms with Gasteiger partial charge in [0.15, 0.2) is 0 Å². The lowest BCUT2D eigenvalue weighted by atomic mass is 9.89. The standard InChI is InChI=1S/C15H22BrNO3S/c1-14(2,3)20-13(18)17-9-7-15(19-4,8-10-17)11-5-6-12(16)21-11/h5-6H,7-10H2,1-4H3. The van der Waals surface area contributed by atoms with Crippen molar-refractivity contribution < 1.29 is 14.3 Å². The van der Waals surface area contributed by atoms with Crippen LogP contribution in [-0.2, 0) is 15.1 Å². The van der Waals surface area contributed by atoms with Crippen molar-refractivity contribution in [1.82, 2.24) is 4.90 Å². The highest BCUT2D eigenvalue weighted by atomic mass is 79.9. The number of piperidine rings is 1. The quantitative estimate of drug-likeness (QED) is 0.769. The van der Waals surface area contributed by atoms with Crippen molar-refractivity contribution in [2.45, 2.75) is 44.8 Å². The third-order valence-electron chi connectivity index (χ3n) is 3.64. The number of likely N-dealkylation sites (tertiary alicyclic amines) is 1. The van der Waals surface area contributed by atoms with E-state index in [2.05, 4.69) is 22.0 Å². The molecule has 1 amide bonds. The van der Waals surface area contributed by atoms with Crippen molar-refractivity contribution >= 4 is 33.4 Å². The summed E-state index contributed by atoms with van der Waals surface area (Å²) in [5, 5.41) is 0. The summed E-state index contributed by atoms with van der Waals surface area (Å²) in [6, 6.07) is 4.14. The van der Waals surface area contributed by atoms with Gasteiger partial charge in [-0.2, -0.15) is 0 Å². The number of carbonyl (C=O) groups is 1. The number of halogens is 1. The maximum absolute atomic E-state index is 12.1. The second kappa shape index (κ2) is 6.26. The van der Waals surface area contributed by atoms with Gasteiger partial charge in [0.1, 0.15) is 11.2 Å². The third-order valence-corrected chi connectivity index (χ3v) is 5.44. The Labute approximate surface area is 138 Å². The zero-order valence-electron chi connectivity index (χ0n) is 12.9. The average Bonchev–Trinajstić information content (AvgIpc) is 2.84. The maximum atomic E-state index is 12.1. The third kappa shape index (κ3) is 3.99. The van der Waals surface area contributed by atoms with Crippen LogP contribution in [0.3, 0.4) is 0 Å². The van der Waals surface area contributed by atoms with Gasteiger partial charge in [0, 0.05) is 25.1 Å². The first kappa shape index (κ1) is 16.8. The van der Waals surface area contributed by atoms with E-state index in [1.165, 1.54) is 4.88 Å². The summed E-state index contributed by atoms with van der Waals surface area (Å²) in [6.45, 7) is 6.96. The number of thiophene rings is 1. The van der Waals surface area contributed by atoms with Crippen LogP contribution in [0.4, 0.5) is 4.79 Å². The Morgan fingerprint density at radius 2 is 1.95 bits per heavy atom. The summed E-state index contributed by atoms with van der Waals surface area (Å²) >= 11 is 5.19. The van der Waals surface area contributed by atoms with Crippen LogP contribution in [0.5, 0.6) is 0 Å². The van der Waals surface area contributed by atoms with Crippen molar-refractivity contribution in [1.29, 1.82) is 0 Å². The smallest absolute Gasteiger partial charge is 0.410 e. The second-order valence-corrected chi connectivity index (χ2v) is 8.73. The molecule has 0 radical (unpaired) electrons. The van der Waals surface area contributed by atoms with E-state index >= 15 is 0 Å². The van der Waals surface area contributed by atoms with Crippen LogP contribution in [0, 0.1) is 0 Å². The first-order valence-corrected chi connectivity index (χ1v) is 8.66. The van der Waals surface area contributed by atoms with Crippen LogP contribution in [0.1, 0.15) is 38.5 Å². The minimum Gasteiger partial charge on any atom is -0.444 e. The average molecular weight is 376 g/mol. The van der Waals surface area contributed by atoms with E-state index in [0.29, 0.717) is 13.1 Å². The zero-order chi connectivity index (χ0) is 15.7. The molecule has 0 unspecified atom stereocenters. The highest BCUT2D eigenvalue weighted by Gasteiger charge is 2.39. The Kier molecular flexibility index (Phi) is 5.00. The van der Waals surface area contributed by atoms with Crippen LogP contribution in [0.2, 0.25) is 0 Å². The van der Waals surface area contributed by atoms with Crippen molar-refractivity contribution in [3.63, 3.8) is 0 Å². The van der Waals surface area contributed by atoms with E-state index in [0.717, 1.165) is 16.6 Å². The molecule has 1 aromatic heterocycles. The number of amides is 1. The number of hydrogen-bond acceptors (Lipinski definition) is 4. The molecule has 2 heterocycles. The maximum Gasteiger partial charge on any atom is 0.410 e. The van der Waals surface area contributed by atoms with Gasteiger partial charge < -0.3 is 14.4 Å². The molecule has 1 aliphatic heterocycles. The molecule has 6 heteroatoms. The lowest BCUT2D eigenvalue weighted by Gasteiger charge is -2.40. The largest absolute Gasteiger partial charge is 0.444 e. The summed E-state index contributed by atoms with van der Waals surface area (Å²) in [5.41, 5.74) is -0.735. The van der Waals surface area contributed by atoms with Gasteiger partial charge in [-0.05, 0) is 61.7 Å². The van der Waals surface area contributed by atoms with Gasteiger partial charge in [-0.15, -0.1) is 11.3 Å². The Morgan fingerprint density at radius 3 is 2.38 bits per heavy atom. The minimum absolute atomic E-state index is 0.237. The number of carbonyl (C=O) groups excluding carboxylic acids is 1. The zero-order valence-corrected chi connectivity index (χ0v) is 15.3. The van der Waals surface area contributed by atoms with Crippen LogP contribution in [-0.4, -0.2) is 36.8 Å². The minimum atomic E-state index is -0.453. The Morgan fingerprint density at radius 1 is 1.33 bits per heavy atom. The van der Waals surface area contributed by atoms with E-state index in [9.17, 15) is 4.79 Å². The Bertz CT molecular complexity index is 501. The number of rotatable bonds is 2.